The molecule has 1 heterocycles. The van der Waals surface area contributed by atoms with E-state index < -0.39 is 36.0 Å². The zero-order valence-corrected chi connectivity index (χ0v) is 9.92. The van der Waals surface area contributed by atoms with E-state index in [0.717, 1.165) is 0 Å². The first-order valence-electron chi connectivity index (χ1n) is 5.16. The fraction of sp³-hybridized carbons (Fsp3) is 0.500. The van der Waals surface area contributed by atoms with E-state index >= 15 is 0 Å². The first-order valence-corrected chi connectivity index (χ1v) is 5.16. The number of carbonyl (C=O) groups is 2. The van der Waals surface area contributed by atoms with E-state index in [1.807, 2.05) is 0 Å². The lowest BCUT2D eigenvalue weighted by Gasteiger charge is -2.17. The molecule has 1 saturated heterocycles. The van der Waals surface area contributed by atoms with E-state index in [1.165, 1.54) is 26.4 Å². The average Bonchev–Trinajstić information content (AvgIpc) is 2.75. The average molecular weight is 240 g/mol. The third kappa shape index (κ3) is 2.39. The maximum absolute atomic E-state index is 11.7. The van der Waals surface area contributed by atoms with Crippen LogP contribution in [0.15, 0.2) is 25.3 Å². The predicted octanol–water partition coefficient (Wildman–Crippen LogP) is 0.704. The summed E-state index contributed by atoms with van der Waals surface area (Å²) in [6, 6.07) is 0. The molecule has 1 aliphatic heterocycles. The summed E-state index contributed by atoms with van der Waals surface area (Å²) < 4.78 is 14.8. The van der Waals surface area contributed by atoms with Crippen molar-refractivity contribution in [2.45, 2.75) is 12.2 Å². The van der Waals surface area contributed by atoms with Crippen LogP contribution in [0.5, 0.6) is 0 Å². The fourth-order valence-corrected chi connectivity index (χ4v) is 2.00. The van der Waals surface area contributed by atoms with Crippen LogP contribution in [-0.4, -0.2) is 38.4 Å². The first kappa shape index (κ1) is 13.4. The molecular formula is C12H16O5. The Kier molecular flexibility index (Phi) is 4.45. The minimum Gasteiger partial charge on any atom is -0.469 e. The Hall–Kier alpha value is -1.62. The van der Waals surface area contributed by atoms with Gasteiger partial charge in [0.05, 0.1) is 26.4 Å². The van der Waals surface area contributed by atoms with Gasteiger partial charge in [0.25, 0.3) is 0 Å². The van der Waals surface area contributed by atoms with Gasteiger partial charge < -0.3 is 14.2 Å². The van der Waals surface area contributed by atoms with Crippen molar-refractivity contribution in [3.05, 3.63) is 25.3 Å². The maximum Gasteiger partial charge on any atom is 0.312 e. The monoisotopic (exact) mass is 240 g/mol. The Bertz CT molecular complexity index is 304. The number of ether oxygens (including phenoxy) is 3. The molecule has 94 valence electrons. The molecule has 0 aromatic rings. The summed E-state index contributed by atoms with van der Waals surface area (Å²) in [6.45, 7) is 7.16. The van der Waals surface area contributed by atoms with E-state index in [-0.39, 0.29) is 0 Å². The summed E-state index contributed by atoms with van der Waals surface area (Å²) in [4.78, 5) is 23.4. The Morgan fingerprint density at radius 2 is 1.35 bits per heavy atom. The zero-order valence-electron chi connectivity index (χ0n) is 9.92. The minimum absolute atomic E-state index is 0.519. The van der Waals surface area contributed by atoms with Gasteiger partial charge in [-0.25, -0.2) is 0 Å². The van der Waals surface area contributed by atoms with Crippen LogP contribution in [0.1, 0.15) is 0 Å². The molecule has 1 fully saturated rings. The molecule has 0 aromatic heterocycles. The summed E-state index contributed by atoms with van der Waals surface area (Å²) in [7, 11) is 2.52. The normalized spacial score (nSPS) is 31.6. The van der Waals surface area contributed by atoms with Crippen LogP contribution in [-0.2, 0) is 23.8 Å². The van der Waals surface area contributed by atoms with E-state index in [0.29, 0.717) is 0 Å². The molecule has 0 radical (unpaired) electrons. The van der Waals surface area contributed by atoms with Crippen molar-refractivity contribution in [1.29, 1.82) is 0 Å². The molecule has 0 aromatic carbocycles. The quantitative estimate of drug-likeness (QED) is 0.535. The van der Waals surface area contributed by atoms with Crippen molar-refractivity contribution in [2.24, 2.45) is 11.8 Å². The Morgan fingerprint density at radius 1 is 1.00 bits per heavy atom. The molecule has 0 amide bonds. The summed E-state index contributed by atoms with van der Waals surface area (Å²) in [5.41, 5.74) is 0. The number of methoxy groups -OCH3 is 2. The predicted molar refractivity (Wildman–Crippen MR) is 60.1 cm³/mol. The van der Waals surface area contributed by atoms with E-state index in [4.69, 9.17) is 4.74 Å². The van der Waals surface area contributed by atoms with Crippen LogP contribution < -0.4 is 0 Å². The lowest BCUT2D eigenvalue weighted by Crippen LogP contribution is -2.35. The largest absolute Gasteiger partial charge is 0.469 e. The third-order valence-corrected chi connectivity index (χ3v) is 2.82. The molecule has 17 heavy (non-hydrogen) atoms. The van der Waals surface area contributed by atoms with Gasteiger partial charge in [0.1, 0.15) is 11.8 Å². The molecule has 0 N–H and O–H groups in total. The van der Waals surface area contributed by atoms with Gasteiger partial charge in [-0.15, -0.1) is 13.2 Å². The van der Waals surface area contributed by atoms with Crippen molar-refractivity contribution >= 4 is 11.9 Å². The van der Waals surface area contributed by atoms with E-state index in [9.17, 15) is 9.59 Å². The Labute approximate surface area is 100 Å². The third-order valence-electron chi connectivity index (χ3n) is 2.82. The van der Waals surface area contributed by atoms with Gasteiger partial charge in [0.15, 0.2) is 0 Å². The molecule has 2 unspecified atom stereocenters. The topological polar surface area (TPSA) is 61.8 Å². The Balaban J connectivity index is 3.07. The van der Waals surface area contributed by atoms with Gasteiger partial charge in [0.2, 0.25) is 0 Å². The van der Waals surface area contributed by atoms with Crippen molar-refractivity contribution in [1.82, 2.24) is 0 Å². The number of hydrogen-bond acceptors (Lipinski definition) is 5. The molecule has 0 bridgehead atoms. The summed E-state index contributed by atoms with van der Waals surface area (Å²) in [5, 5.41) is 0. The molecule has 5 nitrogen and oxygen atoms in total. The lowest BCUT2D eigenvalue weighted by atomic mass is 9.87. The maximum atomic E-state index is 11.7. The van der Waals surface area contributed by atoms with Gasteiger partial charge >= 0.3 is 11.9 Å². The highest BCUT2D eigenvalue weighted by Gasteiger charge is 2.51. The molecule has 4 atom stereocenters. The van der Waals surface area contributed by atoms with Crippen LogP contribution in [0.2, 0.25) is 0 Å². The highest BCUT2D eigenvalue weighted by molar-refractivity contribution is 5.84. The zero-order chi connectivity index (χ0) is 13.0. The Morgan fingerprint density at radius 3 is 1.59 bits per heavy atom. The molecule has 1 rings (SSSR count). The molecule has 0 saturated carbocycles. The molecule has 5 heteroatoms. The number of rotatable bonds is 4. The number of esters is 2. The highest BCUT2D eigenvalue weighted by atomic mass is 16.5. The van der Waals surface area contributed by atoms with Crippen molar-refractivity contribution in [3.8, 4) is 0 Å². The fourth-order valence-electron chi connectivity index (χ4n) is 2.00. The van der Waals surface area contributed by atoms with E-state index in [2.05, 4.69) is 22.6 Å². The molecule has 0 aliphatic carbocycles. The van der Waals surface area contributed by atoms with Gasteiger partial charge in [-0.1, -0.05) is 12.2 Å². The lowest BCUT2D eigenvalue weighted by molar-refractivity contribution is -0.156. The minimum atomic E-state index is -0.743. The smallest absolute Gasteiger partial charge is 0.312 e. The van der Waals surface area contributed by atoms with Crippen molar-refractivity contribution in [2.75, 3.05) is 14.2 Å². The second kappa shape index (κ2) is 5.63. The van der Waals surface area contributed by atoms with Crippen LogP contribution in [0, 0.1) is 11.8 Å². The second-order valence-electron chi connectivity index (χ2n) is 3.63. The summed E-state index contributed by atoms with van der Waals surface area (Å²) in [6.07, 6.45) is 1.80. The first-order chi connectivity index (χ1) is 8.10. The van der Waals surface area contributed by atoms with Crippen LogP contribution in [0.4, 0.5) is 0 Å². The molecule has 0 spiro atoms. The van der Waals surface area contributed by atoms with Gasteiger partial charge in [0, 0.05) is 0 Å². The summed E-state index contributed by atoms with van der Waals surface area (Å²) >= 11 is 0. The SMILES string of the molecule is C=C[C@@H]1O[C@H](C=C)C(C(=O)OC)C1C(=O)OC. The van der Waals surface area contributed by atoms with Crippen LogP contribution in [0.25, 0.3) is 0 Å². The standard InChI is InChI=1S/C12H16O5/c1-5-7-9(11(13)15-3)10(12(14)16-4)8(6-2)17-7/h5-10H,1-2H2,3-4H3/t7-,8+,9?,10?. The highest BCUT2D eigenvalue weighted by Crippen LogP contribution is 2.35. The van der Waals surface area contributed by atoms with Crippen LogP contribution in [0.3, 0.4) is 0 Å². The van der Waals surface area contributed by atoms with Gasteiger partial charge in [-0.3, -0.25) is 9.59 Å². The molecule has 1 aliphatic rings. The van der Waals surface area contributed by atoms with Gasteiger partial charge in [-0.05, 0) is 0 Å². The van der Waals surface area contributed by atoms with Gasteiger partial charge in [-0.2, -0.15) is 0 Å². The van der Waals surface area contributed by atoms with Crippen molar-refractivity contribution in [3.63, 3.8) is 0 Å². The van der Waals surface area contributed by atoms with E-state index in [1.54, 1.807) is 0 Å². The number of hydrogen-bond donors (Lipinski definition) is 0. The van der Waals surface area contributed by atoms with Crippen molar-refractivity contribution < 1.29 is 23.8 Å². The summed E-state index contributed by atoms with van der Waals surface area (Å²) in [5.74, 6) is -2.52. The number of carbonyl (C=O) groups excluding carboxylic acids is 2. The second-order valence-corrected chi connectivity index (χ2v) is 3.63. The van der Waals surface area contributed by atoms with Crippen LogP contribution >= 0.6 is 0 Å². The molecular weight excluding hydrogens is 224 g/mol.